The van der Waals surface area contributed by atoms with Gasteiger partial charge in [-0.05, 0) is 25.8 Å². The largest absolute Gasteiger partial charge is 0.368 e. The zero-order valence-electron chi connectivity index (χ0n) is 10.9. The van der Waals surface area contributed by atoms with Crippen LogP contribution in [0.15, 0.2) is 0 Å². The number of hydrogen-bond acceptors (Lipinski definition) is 3. The minimum Gasteiger partial charge on any atom is -0.368 e. The van der Waals surface area contributed by atoms with Crippen molar-refractivity contribution in [3.8, 4) is 0 Å². The van der Waals surface area contributed by atoms with Gasteiger partial charge in [-0.3, -0.25) is 9.59 Å². The van der Waals surface area contributed by atoms with E-state index >= 15 is 0 Å². The van der Waals surface area contributed by atoms with E-state index in [0.717, 1.165) is 25.8 Å². The number of unbranched alkanes of at least 4 members (excludes halogenated alkanes) is 1. The van der Waals surface area contributed by atoms with Crippen molar-refractivity contribution >= 4 is 11.8 Å². The summed E-state index contributed by atoms with van der Waals surface area (Å²) < 4.78 is 0. The van der Waals surface area contributed by atoms with Gasteiger partial charge >= 0.3 is 0 Å². The maximum atomic E-state index is 11.3. The molecule has 0 aromatic carbocycles. The molecule has 0 heterocycles. The molecule has 5 heteroatoms. The Hall–Kier alpha value is -1.10. The second kappa shape index (κ2) is 10.1. The molecule has 0 rings (SSSR count). The summed E-state index contributed by atoms with van der Waals surface area (Å²) in [7, 11) is 0. The van der Waals surface area contributed by atoms with Crippen LogP contribution in [0.25, 0.3) is 0 Å². The second-order valence-corrected chi connectivity index (χ2v) is 4.12. The van der Waals surface area contributed by atoms with Gasteiger partial charge in [-0.25, -0.2) is 0 Å². The van der Waals surface area contributed by atoms with Crippen molar-refractivity contribution < 1.29 is 9.59 Å². The molecular formula is C12H25N3O2. The third kappa shape index (κ3) is 8.68. The number of carbonyl (C=O) groups excluding carboxylic acids is 2. The zero-order valence-corrected chi connectivity index (χ0v) is 10.9. The van der Waals surface area contributed by atoms with Crippen LogP contribution < -0.4 is 16.4 Å². The van der Waals surface area contributed by atoms with Gasteiger partial charge in [-0.1, -0.05) is 20.3 Å². The first-order valence-corrected chi connectivity index (χ1v) is 6.41. The lowest BCUT2D eigenvalue weighted by Crippen LogP contribution is -2.41. The maximum absolute atomic E-state index is 11.3. The second-order valence-electron chi connectivity index (χ2n) is 4.12. The van der Waals surface area contributed by atoms with Crippen LogP contribution in [-0.2, 0) is 9.59 Å². The molecule has 0 aromatic rings. The van der Waals surface area contributed by atoms with Crippen molar-refractivity contribution in [2.45, 2.75) is 52.0 Å². The van der Waals surface area contributed by atoms with Crippen LogP contribution in [0.4, 0.5) is 0 Å². The fourth-order valence-electron chi connectivity index (χ4n) is 1.46. The smallest absolute Gasteiger partial charge is 0.234 e. The normalized spacial score (nSPS) is 12.1. The topological polar surface area (TPSA) is 84.2 Å². The molecule has 0 bridgehead atoms. The molecule has 17 heavy (non-hydrogen) atoms. The van der Waals surface area contributed by atoms with E-state index in [9.17, 15) is 9.59 Å². The first-order chi connectivity index (χ1) is 8.11. The minimum absolute atomic E-state index is 0.0763. The fourth-order valence-corrected chi connectivity index (χ4v) is 1.46. The van der Waals surface area contributed by atoms with Crippen molar-refractivity contribution in [2.75, 3.05) is 13.1 Å². The number of nitrogens with one attached hydrogen (secondary N) is 2. The number of hydrogen-bond donors (Lipinski definition) is 3. The van der Waals surface area contributed by atoms with Gasteiger partial charge in [0.2, 0.25) is 11.8 Å². The Morgan fingerprint density at radius 3 is 2.41 bits per heavy atom. The zero-order chi connectivity index (χ0) is 13.1. The molecule has 0 aliphatic rings. The van der Waals surface area contributed by atoms with E-state index in [4.69, 9.17) is 5.73 Å². The molecular weight excluding hydrogens is 218 g/mol. The predicted molar refractivity (Wildman–Crippen MR) is 68.4 cm³/mol. The summed E-state index contributed by atoms with van der Waals surface area (Å²) in [5, 5.41) is 5.89. The molecule has 4 N–H and O–H groups in total. The van der Waals surface area contributed by atoms with Crippen molar-refractivity contribution in [3.05, 3.63) is 0 Å². The van der Waals surface area contributed by atoms with Crippen LogP contribution in [0, 0.1) is 0 Å². The van der Waals surface area contributed by atoms with Crippen LogP contribution >= 0.6 is 0 Å². The van der Waals surface area contributed by atoms with Crippen LogP contribution in [0.1, 0.15) is 46.0 Å². The summed E-state index contributed by atoms with van der Waals surface area (Å²) in [6, 6.07) is -0.279. The highest BCUT2D eigenvalue weighted by Gasteiger charge is 2.11. The molecule has 0 aromatic heterocycles. The fraction of sp³-hybridized carbons (Fsp3) is 0.833. The van der Waals surface area contributed by atoms with E-state index in [-0.39, 0.29) is 17.9 Å². The molecule has 0 spiro atoms. The van der Waals surface area contributed by atoms with E-state index in [1.807, 2.05) is 6.92 Å². The number of rotatable bonds is 10. The van der Waals surface area contributed by atoms with E-state index in [1.165, 1.54) is 0 Å². The van der Waals surface area contributed by atoms with Crippen LogP contribution in [0.5, 0.6) is 0 Å². The maximum Gasteiger partial charge on any atom is 0.234 e. The van der Waals surface area contributed by atoms with E-state index < -0.39 is 0 Å². The van der Waals surface area contributed by atoms with Gasteiger partial charge < -0.3 is 16.4 Å². The van der Waals surface area contributed by atoms with E-state index in [1.54, 1.807) is 0 Å². The Morgan fingerprint density at radius 1 is 1.18 bits per heavy atom. The molecule has 0 aliphatic carbocycles. The predicted octanol–water partition coefficient (Wildman–Crippen LogP) is 0.536. The number of amides is 2. The lowest BCUT2D eigenvalue weighted by Gasteiger charge is -2.12. The highest BCUT2D eigenvalue weighted by molar-refractivity contribution is 5.79. The van der Waals surface area contributed by atoms with E-state index in [2.05, 4.69) is 17.6 Å². The highest BCUT2D eigenvalue weighted by Crippen LogP contribution is 1.93. The third-order valence-electron chi connectivity index (χ3n) is 2.58. The Bertz CT molecular complexity index is 232. The Balaban J connectivity index is 3.49. The van der Waals surface area contributed by atoms with Gasteiger partial charge in [-0.2, -0.15) is 0 Å². The molecule has 0 aliphatic heterocycles. The molecule has 0 saturated heterocycles. The molecule has 0 unspecified atom stereocenters. The van der Waals surface area contributed by atoms with Crippen molar-refractivity contribution in [1.29, 1.82) is 0 Å². The average Bonchev–Trinajstić information content (AvgIpc) is 2.29. The SMILES string of the molecule is CCCCNC(=O)CCCN[C@@H](CC)C(N)=O. The van der Waals surface area contributed by atoms with Crippen molar-refractivity contribution in [1.82, 2.24) is 10.6 Å². The standard InChI is InChI=1S/C12H25N3O2/c1-3-5-8-15-11(16)7-6-9-14-10(4-2)12(13)17/h10,14H,3-9H2,1-2H3,(H2,13,17)(H,15,16)/t10-/m0/s1. The quantitative estimate of drug-likeness (QED) is 0.489. The average molecular weight is 243 g/mol. The lowest BCUT2D eigenvalue weighted by molar-refractivity contribution is -0.121. The summed E-state index contributed by atoms with van der Waals surface area (Å²) >= 11 is 0. The lowest BCUT2D eigenvalue weighted by atomic mass is 10.2. The highest BCUT2D eigenvalue weighted by atomic mass is 16.2. The van der Waals surface area contributed by atoms with Gasteiger partial charge in [0.25, 0.3) is 0 Å². The van der Waals surface area contributed by atoms with E-state index in [0.29, 0.717) is 19.4 Å². The summed E-state index contributed by atoms with van der Waals surface area (Å²) in [6.07, 6.45) is 3.99. The molecule has 0 fully saturated rings. The summed E-state index contributed by atoms with van der Waals surface area (Å²) in [6.45, 7) is 5.38. The number of nitrogens with two attached hydrogens (primary N) is 1. The number of carbonyl (C=O) groups is 2. The third-order valence-corrected chi connectivity index (χ3v) is 2.58. The van der Waals surface area contributed by atoms with Gasteiger partial charge in [0.05, 0.1) is 6.04 Å². The van der Waals surface area contributed by atoms with Crippen LogP contribution in [-0.4, -0.2) is 30.9 Å². The van der Waals surface area contributed by atoms with Gasteiger partial charge in [0, 0.05) is 13.0 Å². The summed E-state index contributed by atoms with van der Waals surface area (Å²) in [5.41, 5.74) is 5.19. The monoisotopic (exact) mass is 243 g/mol. The van der Waals surface area contributed by atoms with Gasteiger partial charge in [0.15, 0.2) is 0 Å². The Morgan fingerprint density at radius 2 is 1.88 bits per heavy atom. The first kappa shape index (κ1) is 15.9. The molecule has 5 nitrogen and oxygen atoms in total. The Labute approximate surface area is 104 Å². The minimum atomic E-state index is -0.333. The molecule has 2 amide bonds. The van der Waals surface area contributed by atoms with Gasteiger partial charge in [0.1, 0.15) is 0 Å². The summed E-state index contributed by atoms with van der Waals surface area (Å²) in [5.74, 6) is -0.257. The van der Waals surface area contributed by atoms with Crippen LogP contribution in [0.2, 0.25) is 0 Å². The first-order valence-electron chi connectivity index (χ1n) is 6.41. The molecule has 100 valence electrons. The number of primary amides is 1. The van der Waals surface area contributed by atoms with Crippen molar-refractivity contribution in [2.24, 2.45) is 5.73 Å². The molecule has 1 atom stereocenters. The van der Waals surface area contributed by atoms with Crippen molar-refractivity contribution in [3.63, 3.8) is 0 Å². The van der Waals surface area contributed by atoms with Gasteiger partial charge in [-0.15, -0.1) is 0 Å². The van der Waals surface area contributed by atoms with Crippen LogP contribution in [0.3, 0.4) is 0 Å². The molecule has 0 saturated carbocycles. The Kier molecular flexibility index (Phi) is 9.43. The molecule has 0 radical (unpaired) electrons. The summed E-state index contributed by atoms with van der Waals surface area (Å²) in [4.78, 5) is 22.2.